The summed E-state index contributed by atoms with van der Waals surface area (Å²) >= 11 is 1.24. The zero-order chi connectivity index (χ0) is 25.7. The number of primary amides is 2. The second-order valence-corrected chi connectivity index (χ2v) is 10.8. The van der Waals surface area contributed by atoms with E-state index < -0.39 is 23.9 Å². The van der Waals surface area contributed by atoms with Crippen LogP contribution in [0.3, 0.4) is 0 Å². The fourth-order valence-electron chi connectivity index (χ4n) is 4.92. The summed E-state index contributed by atoms with van der Waals surface area (Å²) in [6, 6.07) is 6.79. The van der Waals surface area contributed by atoms with Crippen LogP contribution < -0.4 is 16.8 Å². The molecule has 0 saturated heterocycles. The van der Waals surface area contributed by atoms with Gasteiger partial charge in [0.2, 0.25) is 0 Å². The van der Waals surface area contributed by atoms with E-state index in [2.05, 4.69) is 30.1 Å². The Morgan fingerprint density at radius 1 is 1.17 bits per heavy atom. The van der Waals surface area contributed by atoms with E-state index in [1.54, 1.807) is 6.07 Å². The molecule has 8 nitrogen and oxygen atoms in total. The summed E-state index contributed by atoms with van der Waals surface area (Å²) in [7, 11) is 0. The van der Waals surface area contributed by atoms with Crippen LogP contribution in [-0.2, 0) is 11.2 Å². The van der Waals surface area contributed by atoms with Crippen LogP contribution in [0.1, 0.15) is 67.4 Å². The highest BCUT2D eigenvalue weighted by atomic mass is 32.1. The van der Waals surface area contributed by atoms with E-state index in [4.69, 9.17) is 11.5 Å². The van der Waals surface area contributed by atoms with Gasteiger partial charge in [-0.3, -0.25) is 19.8 Å². The molecule has 0 bridgehead atoms. The number of hydrogen-bond acceptors (Lipinski definition) is 5. The number of aryl methyl sites for hydroxylation is 1. The van der Waals surface area contributed by atoms with E-state index >= 15 is 0 Å². The number of amides is 3. The van der Waals surface area contributed by atoms with E-state index in [1.807, 2.05) is 19.1 Å². The number of rotatable bonds is 11. The number of nitrogens with one attached hydrogen (secondary N) is 1. The summed E-state index contributed by atoms with van der Waals surface area (Å²) in [6.07, 6.45) is 5.73. The van der Waals surface area contributed by atoms with Gasteiger partial charge in [0.1, 0.15) is 11.0 Å². The predicted octanol–water partition coefficient (Wildman–Crippen LogP) is 4.60. The largest absolute Gasteiger partial charge is 0.480 e. The van der Waals surface area contributed by atoms with Crippen molar-refractivity contribution in [3.05, 3.63) is 41.0 Å². The molecule has 1 aromatic heterocycles. The topological polar surface area (TPSA) is 139 Å². The van der Waals surface area contributed by atoms with Gasteiger partial charge in [-0.05, 0) is 61.3 Å². The Morgan fingerprint density at radius 3 is 2.43 bits per heavy atom. The minimum absolute atomic E-state index is 0.219. The summed E-state index contributed by atoms with van der Waals surface area (Å²) < 4.78 is 0. The monoisotopic (exact) mass is 500 g/mol. The van der Waals surface area contributed by atoms with Crippen LogP contribution in [0, 0.1) is 12.8 Å². The number of aliphatic carboxylic acids is 1. The third kappa shape index (κ3) is 6.82. The molecular weight excluding hydrogens is 464 g/mol. The Kier molecular flexibility index (Phi) is 8.91. The fourth-order valence-corrected chi connectivity index (χ4v) is 5.98. The van der Waals surface area contributed by atoms with Crippen molar-refractivity contribution in [2.24, 2.45) is 17.4 Å². The molecule has 190 valence electrons. The third-order valence-electron chi connectivity index (χ3n) is 6.68. The van der Waals surface area contributed by atoms with Gasteiger partial charge >= 0.3 is 12.0 Å². The Morgan fingerprint density at radius 2 is 1.86 bits per heavy atom. The lowest BCUT2D eigenvalue weighted by Crippen LogP contribution is -2.48. The average molecular weight is 501 g/mol. The molecule has 1 heterocycles. The number of carbonyl (C=O) groups is 3. The van der Waals surface area contributed by atoms with Gasteiger partial charge < -0.3 is 16.6 Å². The average Bonchev–Trinajstić information content (AvgIpc) is 3.44. The maximum atomic E-state index is 12.2. The quantitative estimate of drug-likeness (QED) is 0.357. The lowest BCUT2D eigenvalue weighted by Gasteiger charge is -2.35. The molecule has 0 spiro atoms. The van der Waals surface area contributed by atoms with Crippen LogP contribution in [0.25, 0.3) is 10.4 Å². The van der Waals surface area contributed by atoms with E-state index in [1.165, 1.54) is 11.3 Å². The Bertz CT molecular complexity index is 1080. The number of nitrogens with two attached hydrogens (primary N) is 2. The molecule has 35 heavy (non-hydrogen) atoms. The van der Waals surface area contributed by atoms with Gasteiger partial charge in [0.15, 0.2) is 0 Å². The summed E-state index contributed by atoms with van der Waals surface area (Å²) in [5.74, 6) is -1.09. The molecule has 1 aromatic carbocycles. The van der Waals surface area contributed by atoms with Crippen molar-refractivity contribution in [2.45, 2.75) is 71.4 Å². The number of nitrogens with zero attached hydrogens (tertiary/aromatic N) is 1. The SMILES string of the molecule is Cc1ccc(-c2cc(C(N)=O)c(NC(N)=O)s2)cc1CCN(C1CCCC1)[C@@H](CC(C)C)C(=O)O. The molecule has 1 saturated carbocycles. The lowest BCUT2D eigenvalue weighted by atomic mass is 9.97. The number of benzene rings is 1. The van der Waals surface area contributed by atoms with Gasteiger partial charge in [0, 0.05) is 17.5 Å². The summed E-state index contributed by atoms with van der Waals surface area (Å²) in [5, 5.41) is 12.8. The van der Waals surface area contributed by atoms with Gasteiger partial charge in [-0.25, -0.2) is 4.79 Å². The maximum absolute atomic E-state index is 12.2. The number of carbonyl (C=O) groups excluding carboxylic acids is 2. The first kappa shape index (κ1) is 26.7. The number of hydrogen-bond donors (Lipinski definition) is 4. The number of carboxylic acid groups (broad SMARTS) is 1. The minimum atomic E-state index is -0.758. The van der Waals surface area contributed by atoms with Crippen molar-refractivity contribution in [2.75, 3.05) is 11.9 Å². The van der Waals surface area contributed by atoms with E-state index in [0.717, 1.165) is 53.7 Å². The first-order valence-electron chi connectivity index (χ1n) is 12.1. The van der Waals surface area contributed by atoms with Crippen molar-refractivity contribution in [3.63, 3.8) is 0 Å². The molecule has 9 heteroatoms. The molecule has 0 unspecified atom stereocenters. The molecular formula is C26H36N4O4S. The van der Waals surface area contributed by atoms with E-state index in [0.29, 0.717) is 29.9 Å². The second kappa shape index (κ2) is 11.7. The van der Waals surface area contributed by atoms with Gasteiger partial charge in [0.05, 0.1) is 5.56 Å². The molecule has 1 fully saturated rings. The first-order chi connectivity index (χ1) is 16.6. The first-order valence-corrected chi connectivity index (χ1v) is 13.0. The summed E-state index contributed by atoms with van der Waals surface area (Å²) in [6.45, 7) is 6.85. The molecule has 1 atom stereocenters. The van der Waals surface area contributed by atoms with Crippen molar-refractivity contribution in [1.82, 2.24) is 4.90 Å². The third-order valence-corrected chi connectivity index (χ3v) is 7.78. The zero-order valence-corrected chi connectivity index (χ0v) is 21.5. The zero-order valence-electron chi connectivity index (χ0n) is 20.7. The van der Waals surface area contributed by atoms with Gasteiger partial charge in [0.25, 0.3) is 5.91 Å². The molecule has 3 amide bonds. The number of thiophene rings is 1. The number of anilines is 1. The van der Waals surface area contributed by atoms with Crippen molar-refractivity contribution >= 4 is 34.2 Å². The Labute approximate surface area is 210 Å². The maximum Gasteiger partial charge on any atom is 0.320 e. The molecule has 1 aliphatic rings. The molecule has 6 N–H and O–H groups in total. The molecule has 1 aliphatic carbocycles. The van der Waals surface area contributed by atoms with Crippen LogP contribution in [-0.4, -0.2) is 46.5 Å². The lowest BCUT2D eigenvalue weighted by molar-refractivity contribution is -0.145. The fraction of sp³-hybridized carbons (Fsp3) is 0.500. The van der Waals surface area contributed by atoms with Crippen molar-refractivity contribution in [1.29, 1.82) is 0 Å². The minimum Gasteiger partial charge on any atom is -0.480 e. The Balaban J connectivity index is 1.87. The molecule has 2 aromatic rings. The van der Waals surface area contributed by atoms with Crippen LogP contribution >= 0.6 is 11.3 Å². The van der Waals surface area contributed by atoms with Crippen molar-refractivity contribution in [3.8, 4) is 10.4 Å². The smallest absolute Gasteiger partial charge is 0.320 e. The van der Waals surface area contributed by atoms with Crippen LogP contribution in [0.2, 0.25) is 0 Å². The predicted molar refractivity (Wildman–Crippen MR) is 140 cm³/mol. The van der Waals surface area contributed by atoms with E-state index in [9.17, 15) is 19.5 Å². The highest BCUT2D eigenvalue weighted by Crippen LogP contribution is 2.36. The highest BCUT2D eigenvalue weighted by molar-refractivity contribution is 7.20. The second-order valence-electron chi connectivity index (χ2n) is 9.76. The number of carboxylic acids is 1. The normalized spacial score (nSPS) is 15.0. The standard InChI is InChI=1S/C26H36N4O4S/c1-15(2)12-21(25(32)33)30(19-6-4-5-7-19)11-10-17-13-18(9-8-16(17)3)22-14-20(23(27)31)24(35-22)29-26(28)34/h8-9,13-15,19,21H,4-7,10-12H2,1-3H3,(H2,27,31)(H,32,33)(H3,28,29,34)/t21-/m0/s1. The molecule has 0 radical (unpaired) electrons. The van der Waals surface area contributed by atoms with Crippen LogP contribution in [0.4, 0.5) is 9.80 Å². The number of urea groups is 1. The van der Waals surface area contributed by atoms with Crippen LogP contribution in [0.15, 0.2) is 24.3 Å². The van der Waals surface area contributed by atoms with Gasteiger partial charge in [-0.1, -0.05) is 44.9 Å². The molecule has 0 aliphatic heterocycles. The van der Waals surface area contributed by atoms with Crippen molar-refractivity contribution < 1.29 is 19.5 Å². The van der Waals surface area contributed by atoms with E-state index in [-0.39, 0.29) is 5.56 Å². The van der Waals surface area contributed by atoms with Gasteiger partial charge in [-0.15, -0.1) is 11.3 Å². The highest BCUT2D eigenvalue weighted by Gasteiger charge is 2.33. The molecule has 3 rings (SSSR count). The summed E-state index contributed by atoms with van der Waals surface area (Å²) in [5.41, 5.74) is 14.1. The Hall–Kier alpha value is -2.91. The summed E-state index contributed by atoms with van der Waals surface area (Å²) in [4.78, 5) is 38.4. The van der Waals surface area contributed by atoms with Gasteiger partial charge in [-0.2, -0.15) is 0 Å². The van der Waals surface area contributed by atoms with Crippen LogP contribution in [0.5, 0.6) is 0 Å².